The van der Waals surface area contributed by atoms with Crippen LogP contribution in [0.1, 0.15) is 45.4 Å². The number of rotatable bonds is 4. The Labute approximate surface area is 105 Å². The Morgan fingerprint density at radius 3 is 2.59 bits per heavy atom. The number of nitrogens with one attached hydrogen (secondary N) is 1. The number of carbonyl (C=O) groups is 1. The molecule has 1 amide bonds. The van der Waals surface area contributed by atoms with E-state index in [1.807, 2.05) is 0 Å². The van der Waals surface area contributed by atoms with Gasteiger partial charge in [-0.1, -0.05) is 12.8 Å². The van der Waals surface area contributed by atoms with Gasteiger partial charge in [0, 0.05) is 26.6 Å². The zero-order valence-electron chi connectivity index (χ0n) is 11.1. The van der Waals surface area contributed by atoms with Crippen LogP contribution in [-0.4, -0.2) is 37.0 Å². The second kappa shape index (κ2) is 6.39. The van der Waals surface area contributed by atoms with E-state index in [0.717, 1.165) is 12.5 Å². The molecular weight excluding hydrogens is 212 g/mol. The van der Waals surface area contributed by atoms with E-state index in [2.05, 4.69) is 10.2 Å². The first-order valence-electron chi connectivity index (χ1n) is 7.21. The van der Waals surface area contributed by atoms with Crippen molar-refractivity contribution in [3.05, 3.63) is 0 Å². The van der Waals surface area contributed by atoms with Crippen LogP contribution in [0.15, 0.2) is 0 Å². The van der Waals surface area contributed by atoms with Crippen molar-refractivity contribution in [1.29, 1.82) is 0 Å². The van der Waals surface area contributed by atoms with Crippen LogP contribution in [0.25, 0.3) is 0 Å². The molecular formula is C14H26N2O. The number of nitrogens with zero attached hydrogens (tertiary/aromatic N) is 1. The molecule has 0 aromatic rings. The van der Waals surface area contributed by atoms with Crippen molar-refractivity contribution in [3.8, 4) is 0 Å². The molecule has 1 atom stereocenters. The molecule has 2 rings (SSSR count). The van der Waals surface area contributed by atoms with Crippen molar-refractivity contribution >= 4 is 5.91 Å². The zero-order valence-corrected chi connectivity index (χ0v) is 11.1. The Balaban J connectivity index is 1.70. The minimum Gasteiger partial charge on any atom is -0.356 e. The molecule has 2 aliphatic rings. The highest BCUT2D eigenvalue weighted by Gasteiger charge is 2.23. The first kappa shape index (κ1) is 12.9. The van der Waals surface area contributed by atoms with Gasteiger partial charge < -0.3 is 10.2 Å². The molecule has 0 spiro atoms. The van der Waals surface area contributed by atoms with Crippen LogP contribution < -0.4 is 5.32 Å². The third kappa shape index (κ3) is 4.30. The van der Waals surface area contributed by atoms with Crippen LogP contribution in [0, 0.1) is 11.8 Å². The highest BCUT2D eigenvalue weighted by Crippen LogP contribution is 2.27. The Kier molecular flexibility index (Phi) is 4.84. The molecule has 3 nitrogen and oxygen atoms in total. The highest BCUT2D eigenvalue weighted by molar-refractivity contribution is 5.72. The van der Waals surface area contributed by atoms with E-state index in [-0.39, 0.29) is 5.91 Å². The highest BCUT2D eigenvalue weighted by atomic mass is 16.1. The average Bonchev–Trinajstić information content (AvgIpc) is 2.80. The van der Waals surface area contributed by atoms with E-state index in [4.69, 9.17) is 0 Å². The van der Waals surface area contributed by atoms with Crippen LogP contribution in [0.5, 0.6) is 0 Å². The summed E-state index contributed by atoms with van der Waals surface area (Å²) >= 11 is 0. The first-order chi connectivity index (χ1) is 8.24. The standard InChI is InChI=1S/C14H26N2O/c1-12(17)15-9-14-7-4-8-16(11-14)10-13-5-2-3-6-13/h13-14H,2-11H2,1H3,(H,15,17)/t14-/m0/s1. The van der Waals surface area contributed by atoms with Gasteiger partial charge in [-0.15, -0.1) is 0 Å². The third-order valence-electron chi connectivity index (χ3n) is 4.23. The maximum absolute atomic E-state index is 10.9. The maximum atomic E-state index is 10.9. The summed E-state index contributed by atoms with van der Waals surface area (Å²) in [5.41, 5.74) is 0. The average molecular weight is 238 g/mol. The van der Waals surface area contributed by atoms with E-state index in [1.54, 1.807) is 6.92 Å². The summed E-state index contributed by atoms with van der Waals surface area (Å²) in [5, 5.41) is 2.96. The van der Waals surface area contributed by atoms with E-state index < -0.39 is 0 Å². The van der Waals surface area contributed by atoms with Crippen molar-refractivity contribution in [2.45, 2.75) is 45.4 Å². The molecule has 3 heteroatoms. The third-order valence-corrected chi connectivity index (χ3v) is 4.23. The van der Waals surface area contributed by atoms with Crippen molar-refractivity contribution in [1.82, 2.24) is 10.2 Å². The normalized spacial score (nSPS) is 27.2. The first-order valence-corrected chi connectivity index (χ1v) is 7.21. The van der Waals surface area contributed by atoms with Gasteiger partial charge in [-0.25, -0.2) is 0 Å². The quantitative estimate of drug-likeness (QED) is 0.812. The number of hydrogen-bond acceptors (Lipinski definition) is 2. The molecule has 2 fully saturated rings. The molecule has 0 bridgehead atoms. The second-order valence-corrected chi connectivity index (χ2v) is 5.86. The van der Waals surface area contributed by atoms with Crippen LogP contribution in [0.3, 0.4) is 0 Å². The maximum Gasteiger partial charge on any atom is 0.216 e. The lowest BCUT2D eigenvalue weighted by molar-refractivity contribution is -0.119. The lowest BCUT2D eigenvalue weighted by Gasteiger charge is -2.34. The summed E-state index contributed by atoms with van der Waals surface area (Å²) in [5.74, 6) is 1.74. The summed E-state index contributed by atoms with van der Waals surface area (Å²) in [7, 11) is 0. The topological polar surface area (TPSA) is 32.3 Å². The molecule has 98 valence electrons. The predicted octanol–water partition coefficient (Wildman–Crippen LogP) is 2.02. The van der Waals surface area contributed by atoms with E-state index in [1.165, 1.54) is 58.2 Å². The van der Waals surface area contributed by atoms with Crippen molar-refractivity contribution in [2.24, 2.45) is 11.8 Å². The van der Waals surface area contributed by atoms with Crippen molar-refractivity contribution in [3.63, 3.8) is 0 Å². The molecule has 1 saturated heterocycles. The van der Waals surface area contributed by atoms with Crippen LogP contribution in [-0.2, 0) is 4.79 Å². The largest absolute Gasteiger partial charge is 0.356 e. The second-order valence-electron chi connectivity index (χ2n) is 5.86. The van der Waals surface area contributed by atoms with Gasteiger partial charge in [0.05, 0.1) is 0 Å². The lowest BCUT2D eigenvalue weighted by atomic mass is 9.96. The molecule has 0 radical (unpaired) electrons. The molecule has 1 heterocycles. The fourth-order valence-corrected chi connectivity index (χ4v) is 3.33. The molecule has 1 aliphatic heterocycles. The molecule has 1 saturated carbocycles. The van der Waals surface area contributed by atoms with Crippen molar-refractivity contribution < 1.29 is 4.79 Å². The van der Waals surface area contributed by atoms with Gasteiger partial charge in [-0.3, -0.25) is 4.79 Å². The van der Waals surface area contributed by atoms with Gasteiger partial charge in [0.15, 0.2) is 0 Å². The smallest absolute Gasteiger partial charge is 0.216 e. The fraction of sp³-hybridized carbons (Fsp3) is 0.929. The monoisotopic (exact) mass is 238 g/mol. The minimum absolute atomic E-state index is 0.109. The van der Waals surface area contributed by atoms with Crippen molar-refractivity contribution in [2.75, 3.05) is 26.2 Å². The molecule has 0 aromatic carbocycles. The molecule has 17 heavy (non-hydrogen) atoms. The number of piperidine rings is 1. The SMILES string of the molecule is CC(=O)NC[C@@H]1CCCN(CC2CCCC2)C1. The molecule has 0 aromatic heterocycles. The summed E-state index contributed by atoms with van der Waals surface area (Å²) < 4.78 is 0. The minimum atomic E-state index is 0.109. The lowest BCUT2D eigenvalue weighted by Crippen LogP contribution is -2.42. The Hall–Kier alpha value is -0.570. The molecule has 1 N–H and O–H groups in total. The number of amides is 1. The van der Waals surface area contributed by atoms with Gasteiger partial charge in [-0.2, -0.15) is 0 Å². The van der Waals surface area contributed by atoms with Gasteiger partial charge in [0.25, 0.3) is 0 Å². The molecule has 1 aliphatic carbocycles. The summed E-state index contributed by atoms with van der Waals surface area (Å²) in [6.07, 6.45) is 8.33. The number of hydrogen-bond donors (Lipinski definition) is 1. The summed E-state index contributed by atoms with van der Waals surface area (Å²) in [4.78, 5) is 13.6. The van der Waals surface area contributed by atoms with Gasteiger partial charge >= 0.3 is 0 Å². The van der Waals surface area contributed by atoms with Gasteiger partial charge in [-0.05, 0) is 44.1 Å². The predicted molar refractivity (Wildman–Crippen MR) is 69.8 cm³/mol. The van der Waals surface area contributed by atoms with Gasteiger partial charge in [0.2, 0.25) is 5.91 Å². The number of carbonyl (C=O) groups excluding carboxylic acids is 1. The van der Waals surface area contributed by atoms with E-state index in [0.29, 0.717) is 5.92 Å². The Morgan fingerprint density at radius 2 is 1.88 bits per heavy atom. The van der Waals surface area contributed by atoms with Crippen LogP contribution in [0.4, 0.5) is 0 Å². The van der Waals surface area contributed by atoms with Crippen LogP contribution in [0.2, 0.25) is 0 Å². The number of likely N-dealkylation sites (tertiary alicyclic amines) is 1. The zero-order chi connectivity index (χ0) is 12.1. The summed E-state index contributed by atoms with van der Waals surface area (Å²) in [6.45, 7) is 6.25. The Bertz CT molecular complexity index is 249. The summed E-state index contributed by atoms with van der Waals surface area (Å²) in [6, 6.07) is 0. The van der Waals surface area contributed by atoms with Gasteiger partial charge in [0.1, 0.15) is 0 Å². The fourth-order valence-electron chi connectivity index (χ4n) is 3.33. The van der Waals surface area contributed by atoms with Crippen LogP contribution >= 0.6 is 0 Å². The van der Waals surface area contributed by atoms with E-state index in [9.17, 15) is 4.79 Å². The molecule has 0 unspecified atom stereocenters. The van der Waals surface area contributed by atoms with E-state index >= 15 is 0 Å². The Morgan fingerprint density at radius 1 is 1.18 bits per heavy atom.